The Morgan fingerprint density at radius 3 is 1.96 bits per heavy atom. The molecule has 312 valence electrons. The molecule has 0 aromatic heterocycles. The van der Waals surface area contributed by atoms with Crippen LogP contribution >= 0.6 is 0 Å². The van der Waals surface area contributed by atoms with Crippen LogP contribution in [0.15, 0.2) is 91.1 Å². The lowest BCUT2D eigenvalue weighted by molar-refractivity contribution is -0.129. The third kappa shape index (κ3) is 24.7. The topological polar surface area (TPSA) is 85.9 Å². The van der Waals surface area contributed by atoms with Crippen LogP contribution in [0.2, 0.25) is 0 Å². The number of carbonyl (C=O) groups excluding carboxylic acids is 2. The summed E-state index contributed by atoms with van der Waals surface area (Å²) in [4.78, 5) is 30.7. The number of ether oxygens (including phenoxy) is 1. The molecule has 1 aromatic rings. The van der Waals surface area contributed by atoms with Gasteiger partial charge in [-0.1, -0.05) is 106 Å². The van der Waals surface area contributed by atoms with Gasteiger partial charge in [0.2, 0.25) is 11.8 Å². The Labute approximate surface area is 341 Å². The lowest BCUT2D eigenvalue weighted by atomic mass is 9.87. The van der Waals surface area contributed by atoms with Crippen molar-refractivity contribution in [1.82, 2.24) is 25.8 Å². The Kier molecular flexibility index (Phi) is 27.1. The number of hydrogen-bond acceptors (Lipinski definition) is 6. The zero-order valence-electron chi connectivity index (χ0n) is 35.8. The monoisotopic (exact) mass is 772 g/mol. The van der Waals surface area contributed by atoms with Crippen molar-refractivity contribution in [2.75, 3.05) is 72.1 Å². The Balaban J connectivity index is 1.63. The summed E-state index contributed by atoms with van der Waals surface area (Å²) in [6.45, 7) is 19.9. The molecule has 0 unspecified atom stereocenters. The number of allylic oxidation sites excluding steroid dienone is 12. The van der Waals surface area contributed by atoms with Gasteiger partial charge in [0.1, 0.15) is 5.75 Å². The Morgan fingerprint density at radius 1 is 0.786 bits per heavy atom. The molecule has 0 bridgehead atoms. The highest BCUT2D eigenvalue weighted by Crippen LogP contribution is 2.24. The van der Waals surface area contributed by atoms with Crippen molar-refractivity contribution >= 4 is 11.8 Å². The highest BCUT2D eigenvalue weighted by Gasteiger charge is 2.27. The van der Waals surface area contributed by atoms with E-state index >= 15 is 0 Å². The number of amides is 2. The fourth-order valence-electron chi connectivity index (χ4n) is 6.32. The number of carbonyl (C=O) groups is 2. The second kappa shape index (κ2) is 31.4. The van der Waals surface area contributed by atoms with Crippen LogP contribution < -0.4 is 20.7 Å². The molecule has 56 heavy (non-hydrogen) atoms. The van der Waals surface area contributed by atoms with Crippen LogP contribution in [0, 0.1) is 19.3 Å². The Bertz CT molecular complexity index is 1390. The van der Waals surface area contributed by atoms with Gasteiger partial charge in [0.05, 0.1) is 6.61 Å². The van der Waals surface area contributed by atoms with Crippen molar-refractivity contribution < 1.29 is 14.3 Å². The molecule has 0 spiro atoms. The van der Waals surface area contributed by atoms with Crippen LogP contribution in [-0.2, 0) is 9.59 Å². The third-order valence-corrected chi connectivity index (χ3v) is 9.92. The highest BCUT2D eigenvalue weighted by molar-refractivity contribution is 5.81. The molecular weight excluding hydrogens is 695 g/mol. The fourth-order valence-corrected chi connectivity index (χ4v) is 6.32. The summed E-state index contributed by atoms with van der Waals surface area (Å²) in [6, 6.07) is 6.25. The fraction of sp³-hybridized carbons (Fsp3) is 0.583. The molecule has 8 nitrogen and oxygen atoms in total. The predicted octanol–water partition coefficient (Wildman–Crippen LogP) is 8.80. The van der Waals surface area contributed by atoms with Crippen molar-refractivity contribution in [3.63, 3.8) is 0 Å². The molecule has 2 rings (SSSR count). The number of piperazine rings is 1. The van der Waals surface area contributed by atoms with Crippen LogP contribution in [0.25, 0.3) is 0 Å². The van der Waals surface area contributed by atoms with Gasteiger partial charge >= 0.3 is 0 Å². The summed E-state index contributed by atoms with van der Waals surface area (Å²) in [5, 5.41) is 9.74. The molecule has 2 amide bonds. The molecule has 0 radical (unpaired) electrons. The standard InChI is InChI=1S/C48H77N5O3/c1-6-7-8-9-10-11-12-13-14-15-16-17-18-19-20-21-22-23-24-27-46(54)50-33-39-53(36-26-35-52-37-31-49-32-38-52)40-34-51-47(55)48(4,5)30-25-41-56-45-42-43(2)28-29-44(45)3/h7-8,10-11,13-14,16-17,19-20,22-23,28-29,42,49H,6,9,12,15,18,21,24-27,30-41H2,1-5H3,(H,50,54)(H,51,55). The maximum Gasteiger partial charge on any atom is 0.225 e. The molecule has 1 aliphatic rings. The van der Waals surface area contributed by atoms with Crippen molar-refractivity contribution in [2.45, 2.75) is 105 Å². The van der Waals surface area contributed by atoms with Crippen molar-refractivity contribution in [1.29, 1.82) is 0 Å². The molecule has 0 saturated carbocycles. The smallest absolute Gasteiger partial charge is 0.225 e. The maximum absolute atomic E-state index is 13.2. The maximum atomic E-state index is 13.2. The summed E-state index contributed by atoms with van der Waals surface area (Å²) in [7, 11) is 0. The molecule has 1 aliphatic heterocycles. The average Bonchev–Trinajstić information content (AvgIpc) is 3.18. The van der Waals surface area contributed by atoms with Gasteiger partial charge in [0.15, 0.2) is 0 Å². The largest absolute Gasteiger partial charge is 0.493 e. The van der Waals surface area contributed by atoms with Crippen molar-refractivity contribution in [3.05, 3.63) is 102 Å². The van der Waals surface area contributed by atoms with E-state index in [0.717, 1.165) is 128 Å². The average molecular weight is 772 g/mol. The lowest BCUT2D eigenvalue weighted by Gasteiger charge is -2.29. The number of benzene rings is 1. The molecule has 0 aliphatic carbocycles. The van der Waals surface area contributed by atoms with Gasteiger partial charge in [-0.3, -0.25) is 14.5 Å². The van der Waals surface area contributed by atoms with E-state index in [9.17, 15) is 9.59 Å². The zero-order chi connectivity index (χ0) is 40.5. The lowest BCUT2D eigenvalue weighted by Crippen LogP contribution is -2.45. The number of rotatable bonds is 30. The first-order valence-electron chi connectivity index (χ1n) is 21.5. The van der Waals surface area contributed by atoms with Crippen LogP contribution in [-0.4, -0.2) is 93.7 Å². The van der Waals surface area contributed by atoms with Crippen molar-refractivity contribution in [2.24, 2.45) is 5.41 Å². The normalized spacial score (nSPS) is 14.5. The van der Waals surface area contributed by atoms with E-state index in [-0.39, 0.29) is 11.8 Å². The predicted molar refractivity (Wildman–Crippen MR) is 238 cm³/mol. The minimum atomic E-state index is -0.477. The minimum Gasteiger partial charge on any atom is -0.493 e. The van der Waals surface area contributed by atoms with Gasteiger partial charge in [-0.05, 0) is 108 Å². The summed E-state index contributed by atoms with van der Waals surface area (Å²) >= 11 is 0. The first-order chi connectivity index (χ1) is 27.2. The number of hydrogen-bond donors (Lipinski definition) is 3. The first-order valence-corrected chi connectivity index (χ1v) is 21.5. The van der Waals surface area contributed by atoms with Crippen LogP contribution in [0.5, 0.6) is 5.75 Å². The molecule has 0 atom stereocenters. The van der Waals surface area contributed by atoms with Crippen LogP contribution in [0.3, 0.4) is 0 Å². The van der Waals surface area contributed by atoms with Crippen molar-refractivity contribution in [3.8, 4) is 5.75 Å². The van der Waals surface area contributed by atoms with Crippen LogP contribution in [0.4, 0.5) is 0 Å². The van der Waals surface area contributed by atoms with Gasteiger partial charge < -0.3 is 25.6 Å². The quantitative estimate of drug-likeness (QED) is 0.0536. The second-order valence-electron chi connectivity index (χ2n) is 15.5. The SMILES string of the molecule is CCC=CCC=CCC=CCC=CCC=CCC=CCCC(=O)NCCN(CCCN1CCNCC1)CCNC(=O)C(C)(C)CCCOc1cc(C)ccc1C. The number of aryl methyl sites for hydroxylation is 2. The van der Waals surface area contributed by atoms with Crippen LogP contribution in [0.1, 0.15) is 103 Å². The zero-order valence-corrected chi connectivity index (χ0v) is 35.8. The Morgan fingerprint density at radius 2 is 1.36 bits per heavy atom. The minimum absolute atomic E-state index is 0.0766. The van der Waals surface area contributed by atoms with E-state index in [1.165, 1.54) is 5.56 Å². The van der Waals surface area contributed by atoms with E-state index in [1.54, 1.807) is 0 Å². The van der Waals surface area contributed by atoms with Gasteiger partial charge in [-0.25, -0.2) is 0 Å². The Hall–Kier alpha value is -3.72. The van der Waals surface area contributed by atoms with E-state index < -0.39 is 5.41 Å². The summed E-state index contributed by atoms with van der Waals surface area (Å²) < 4.78 is 6.03. The van der Waals surface area contributed by atoms with E-state index in [0.29, 0.717) is 26.1 Å². The van der Waals surface area contributed by atoms with E-state index in [1.807, 2.05) is 13.8 Å². The van der Waals surface area contributed by atoms with Gasteiger partial charge in [0, 0.05) is 64.2 Å². The second-order valence-corrected chi connectivity index (χ2v) is 15.5. The van der Waals surface area contributed by atoms with E-state index in [2.05, 4.69) is 138 Å². The molecular formula is C48H77N5O3. The van der Waals surface area contributed by atoms with Gasteiger partial charge in [-0.2, -0.15) is 0 Å². The highest BCUT2D eigenvalue weighted by atomic mass is 16.5. The molecule has 1 aromatic carbocycles. The molecule has 1 saturated heterocycles. The van der Waals surface area contributed by atoms with E-state index in [4.69, 9.17) is 4.74 Å². The number of nitrogens with zero attached hydrogens (tertiary/aromatic N) is 2. The number of nitrogens with one attached hydrogen (secondary N) is 3. The summed E-state index contributed by atoms with van der Waals surface area (Å²) in [6.07, 6.45) is 36.1. The molecule has 1 heterocycles. The first kappa shape index (κ1) is 48.4. The molecule has 3 N–H and O–H groups in total. The molecule has 1 fully saturated rings. The summed E-state index contributed by atoms with van der Waals surface area (Å²) in [5.41, 5.74) is 1.84. The van der Waals surface area contributed by atoms with Gasteiger partial charge in [-0.15, -0.1) is 0 Å². The van der Waals surface area contributed by atoms with Gasteiger partial charge in [0.25, 0.3) is 0 Å². The summed E-state index contributed by atoms with van der Waals surface area (Å²) in [5.74, 6) is 1.08. The molecule has 8 heteroatoms. The third-order valence-electron chi connectivity index (χ3n) is 9.92.